The molecule has 0 bridgehead atoms. The van der Waals surface area contributed by atoms with E-state index in [2.05, 4.69) is 13.8 Å². The quantitative estimate of drug-likeness (QED) is 0.232. The molecular formula is C30H28O4. The molecule has 0 amide bonds. The Morgan fingerprint density at radius 2 is 0.853 bits per heavy atom. The lowest BCUT2D eigenvalue weighted by atomic mass is 9.78. The van der Waals surface area contributed by atoms with E-state index in [-0.39, 0.29) is 24.8 Å². The normalized spacial score (nSPS) is 10.6. The number of carbonyl (C=O) groups excluding carboxylic acids is 2. The Morgan fingerprint density at radius 3 is 1.18 bits per heavy atom. The molecule has 0 aliphatic rings. The van der Waals surface area contributed by atoms with E-state index in [0.29, 0.717) is 22.6 Å². The summed E-state index contributed by atoms with van der Waals surface area (Å²) in [5.74, 6) is 0.213. The first-order chi connectivity index (χ1) is 15.9. The Hall–Kier alpha value is -4.18. The molecule has 0 N–H and O–H groups in total. The number of rotatable bonds is 6. The van der Waals surface area contributed by atoms with Crippen molar-refractivity contribution in [3.05, 3.63) is 131 Å². The Labute approximate surface area is 200 Å². The maximum Gasteiger partial charge on any atom is 0.343 e. The highest BCUT2D eigenvalue weighted by Crippen LogP contribution is 2.33. The Balaban J connectivity index is 0.00000324. The summed E-state index contributed by atoms with van der Waals surface area (Å²) in [6.07, 6.45) is 0. The second-order valence-electron chi connectivity index (χ2n) is 8.18. The molecule has 4 rings (SSSR count). The molecule has 4 aromatic carbocycles. The van der Waals surface area contributed by atoms with Crippen molar-refractivity contribution in [2.75, 3.05) is 0 Å². The largest absolute Gasteiger partial charge is 0.423 e. The van der Waals surface area contributed by atoms with Crippen molar-refractivity contribution in [2.45, 2.75) is 26.7 Å². The van der Waals surface area contributed by atoms with Gasteiger partial charge in [-0.15, -0.1) is 0 Å². The van der Waals surface area contributed by atoms with Crippen molar-refractivity contribution in [3.63, 3.8) is 0 Å². The van der Waals surface area contributed by atoms with Crippen LogP contribution in [0.2, 0.25) is 0 Å². The van der Waals surface area contributed by atoms with Crippen LogP contribution in [0.25, 0.3) is 0 Å². The fourth-order valence-electron chi connectivity index (χ4n) is 3.53. The van der Waals surface area contributed by atoms with E-state index in [1.54, 1.807) is 72.8 Å². The van der Waals surface area contributed by atoms with E-state index < -0.39 is 0 Å². The van der Waals surface area contributed by atoms with E-state index in [9.17, 15) is 9.59 Å². The van der Waals surface area contributed by atoms with E-state index in [0.717, 1.165) is 11.1 Å². The minimum Gasteiger partial charge on any atom is -0.423 e. The lowest BCUT2D eigenvalue weighted by Gasteiger charge is -2.26. The summed E-state index contributed by atoms with van der Waals surface area (Å²) in [6, 6.07) is 32.8. The third-order valence-corrected chi connectivity index (χ3v) is 5.59. The fourth-order valence-corrected chi connectivity index (χ4v) is 3.53. The minimum atomic E-state index is -0.386. The highest BCUT2D eigenvalue weighted by atomic mass is 16.5. The number of esters is 2. The smallest absolute Gasteiger partial charge is 0.343 e. The van der Waals surface area contributed by atoms with Gasteiger partial charge in [-0.1, -0.05) is 81.9 Å². The number of hydrogen-bond donors (Lipinski definition) is 0. The average Bonchev–Trinajstić information content (AvgIpc) is 2.86. The second kappa shape index (κ2) is 10.6. The molecule has 0 saturated carbocycles. The Bertz CT molecular complexity index is 1130. The summed E-state index contributed by atoms with van der Waals surface area (Å²) < 4.78 is 11.0. The van der Waals surface area contributed by atoms with Crippen LogP contribution in [0.15, 0.2) is 109 Å². The molecule has 34 heavy (non-hydrogen) atoms. The van der Waals surface area contributed by atoms with Gasteiger partial charge in [-0.2, -0.15) is 0 Å². The zero-order valence-electron chi connectivity index (χ0n) is 18.5. The molecule has 0 fully saturated rings. The summed E-state index contributed by atoms with van der Waals surface area (Å²) in [5.41, 5.74) is 2.85. The zero-order chi connectivity index (χ0) is 23.3. The van der Waals surface area contributed by atoms with Gasteiger partial charge in [-0.3, -0.25) is 0 Å². The fraction of sp³-hybridized carbons (Fsp3) is 0.133. The Kier molecular flexibility index (Phi) is 7.64. The van der Waals surface area contributed by atoms with Crippen LogP contribution in [0.5, 0.6) is 11.5 Å². The molecule has 4 nitrogen and oxygen atoms in total. The molecule has 0 spiro atoms. The van der Waals surface area contributed by atoms with Crippen LogP contribution in [-0.2, 0) is 5.41 Å². The average molecular weight is 453 g/mol. The monoisotopic (exact) mass is 452 g/mol. The lowest BCUT2D eigenvalue weighted by molar-refractivity contribution is 0.0725. The van der Waals surface area contributed by atoms with Crippen molar-refractivity contribution in [3.8, 4) is 11.5 Å². The molecule has 0 atom stereocenters. The zero-order valence-corrected chi connectivity index (χ0v) is 18.5. The van der Waals surface area contributed by atoms with Crippen LogP contribution in [0.4, 0.5) is 0 Å². The van der Waals surface area contributed by atoms with Gasteiger partial charge in [0.15, 0.2) is 0 Å². The highest BCUT2D eigenvalue weighted by molar-refractivity contribution is 5.91. The van der Waals surface area contributed by atoms with Crippen molar-refractivity contribution >= 4 is 11.9 Å². The predicted molar refractivity (Wildman–Crippen MR) is 135 cm³/mol. The Morgan fingerprint density at radius 1 is 0.529 bits per heavy atom. The maximum atomic E-state index is 12.3. The third-order valence-electron chi connectivity index (χ3n) is 5.59. The SMILES string of the molecule is C.CC(C)(c1ccc(OC(=O)c2ccccc2)cc1)c1ccc(OC(=O)c2ccccc2)cc1. The van der Waals surface area contributed by atoms with Gasteiger partial charge in [-0.05, 0) is 59.7 Å². The van der Waals surface area contributed by atoms with E-state index >= 15 is 0 Å². The van der Waals surface area contributed by atoms with Crippen molar-refractivity contribution in [1.29, 1.82) is 0 Å². The molecule has 172 valence electrons. The number of carbonyl (C=O) groups is 2. The van der Waals surface area contributed by atoms with Crippen LogP contribution < -0.4 is 9.47 Å². The molecule has 0 heterocycles. The lowest BCUT2D eigenvalue weighted by Crippen LogP contribution is -2.19. The number of ether oxygens (including phenoxy) is 2. The van der Waals surface area contributed by atoms with Gasteiger partial charge in [0.2, 0.25) is 0 Å². The van der Waals surface area contributed by atoms with Crippen LogP contribution >= 0.6 is 0 Å². The summed E-state index contributed by atoms with van der Waals surface area (Å²) in [5, 5.41) is 0. The molecule has 0 saturated heterocycles. The topological polar surface area (TPSA) is 52.6 Å². The van der Waals surface area contributed by atoms with Crippen LogP contribution in [-0.4, -0.2) is 11.9 Å². The van der Waals surface area contributed by atoms with Gasteiger partial charge in [0.1, 0.15) is 11.5 Å². The van der Waals surface area contributed by atoms with Crippen LogP contribution in [0, 0.1) is 0 Å². The van der Waals surface area contributed by atoms with Crippen LogP contribution in [0.1, 0.15) is 53.1 Å². The first-order valence-electron chi connectivity index (χ1n) is 10.7. The molecule has 4 heteroatoms. The number of hydrogen-bond acceptors (Lipinski definition) is 4. The first kappa shape index (κ1) is 24.5. The highest BCUT2D eigenvalue weighted by Gasteiger charge is 2.23. The van der Waals surface area contributed by atoms with Gasteiger partial charge < -0.3 is 9.47 Å². The molecular weight excluding hydrogens is 424 g/mol. The number of benzene rings is 4. The third kappa shape index (κ3) is 5.59. The minimum absolute atomic E-state index is 0. The van der Waals surface area contributed by atoms with Gasteiger partial charge in [0.05, 0.1) is 11.1 Å². The second-order valence-corrected chi connectivity index (χ2v) is 8.18. The van der Waals surface area contributed by atoms with Crippen molar-refractivity contribution < 1.29 is 19.1 Å². The molecule has 0 aliphatic carbocycles. The predicted octanol–water partition coefficient (Wildman–Crippen LogP) is 7.09. The van der Waals surface area contributed by atoms with E-state index in [4.69, 9.17) is 9.47 Å². The van der Waals surface area contributed by atoms with Gasteiger partial charge in [0, 0.05) is 5.41 Å². The van der Waals surface area contributed by atoms with Gasteiger partial charge >= 0.3 is 11.9 Å². The molecule has 0 aromatic heterocycles. The van der Waals surface area contributed by atoms with Crippen molar-refractivity contribution in [2.24, 2.45) is 0 Å². The van der Waals surface area contributed by atoms with Crippen LogP contribution in [0.3, 0.4) is 0 Å². The molecule has 4 aromatic rings. The van der Waals surface area contributed by atoms with E-state index in [1.807, 2.05) is 36.4 Å². The molecule has 0 radical (unpaired) electrons. The summed E-state index contributed by atoms with van der Waals surface area (Å²) in [6.45, 7) is 4.23. The standard InChI is InChI=1S/C29H24O4.CH4/c1-29(2,23-13-17-25(18-14-23)32-27(30)21-9-5-3-6-10-21)24-15-19-26(20-16-24)33-28(31)22-11-7-4-8-12-22;/h3-20H,1-2H3;1H4. The summed E-state index contributed by atoms with van der Waals surface area (Å²) in [7, 11) is 0. The van der Waals surface area contributed by atoms with Gasteiger partial charge in [-0.25, -0.2) is 9.59 Å². The summed E-state index contributed by atoms with van der Waals surface area (Å²) >= 11 is 0. The summed E-state index contributed by atoms with van der Waals surface area (Å²) in [4.78, 5) is 24.5. The molecule has 0 unspecified atom stereocenters. The molecule has 0 aliphatic heterocycles. The van der Waals surface area contributed by atoms with Crippen molar-refractivity contribution in [1.82, 2.24) is 0 Å². The van der Waals surface area contributed by atoms with E-state index in [1.165, 1.54) is 0 Å². The van der Waals surface area contributed by atoms with Gasteiger partial charge in [0.25, 0.3) is 0 Å². The maximum absolute atomic E-state index is 12.3. The first-order valence-corrected chi connectivity index (χ1v) is 10.7.